The van der Waals surface area contributed by atoms with Crippen LogP contribution in [0.3, 0.4) is 0 Å². The molecule has 1 rings (SSSR count). The molecule has 0 amide bonds. The van der Waals surface area contributed by atoms with E-state index >= 15 is 0 Å². The van der Waals surface area contributed by atoms with Crippen molar-refractivity contribution in [2.45, 2.75) is 20.0 Å². The average Bonchev–Trinajstić information content (AvgIpc) is 2.19. The lowest BCUT2D eigenvalue weighted by Crippen LogP contribution is -2.06. The van der Waals surface area contributed by atoms with Crippen LogP contribution in [0, 0.1) is 0 Å². The van der Waals surface area contributed by atoms with E-state index in [0.29, 0.717) is 0 Å². The average molecular weight is 315 g/mol. The molecule has 0 atom stereocenters. The second-order valence-corrected chi connectivity index (χ2v) is 3.91. The summed E-state index contributed by atoms with van der Waals surface area (Å²) < 4.78 is 53.1. The summed E-state index contributed by atoms with van der Waals surface area (Å²) in [6.07, 6.45) is -2.87. The Morgan fingerprint density at radius 2 is 1.88 bits per heavy atom. The van der Waals surface area contributed by atoms with Gasteiger partial charge in [0.05, 0.1) is 4.47 Å². The van der Waals surface area contributed by atoms with Crippen molar-refractivity contribution in [3.63, 3.8) is 0 Å². The van der Waals surface area contributed by atoms with Gasteiger partial charge in [-0.1, -0.05) is 0 Å². The fourth-order valence-electron chi connectivity index (χ4n) is 1.18. The summed E-state index contributed by atoms with van der Waals surface area (Å²) in [5, 5.41) is 0. The molecular formula is C10H7BrF4O2. The molecule has 0 saturated carbocycles. The first kappa shape index (κ1) is 14.0. The van der Waals surface area contributed by atoms with E-state index in [4.69, 9.17) is 0 Å². The number of halogens is 5. The predicted molar refractivity (Wildman–Crippen MR) is 55.7 cm³/mol. The summed E-state index contributed by atoms with van der Waals surface area (Å²) in [7, 11) is 0. The molecule has 0 fully saturated rings. The number of hydrogen-bond acceptors (Lipinski definition) is 2. The van der Waals surface area contributed by atoms with E-state index in [9.17, 15) is 22.4 Å². The number of ether oxygens (including phenoxy) is 1. The fraction of sp³-hybridized carbons (Fsp3) is 0.300. The molecule has 1 aromatic carbocycles. The summed E-state index contributed by atoms with van der Waals surface area (Å²) in [5.74, 6) is -1.01. The Morgan fingerprint density at radius 3 is 2.29 bits per heavy atom. The molecule has 0 aliphatic rings. The first-order valence-corrected chi connectivity index (χ1v) is 5.19. The number of Topliss-reactive ketones (excluding diaryl/α,β-unsaturated/α-hetero) is 1. The lowest BCUT2D eigenvalue weighted by molar-refractivity contribution is -0.0506. The molecule has 0 bridgehead atoms. The van der Waals surface area contributed by atoms with Crippen molar-refractivity contribution in [3.05, 3.63) is 27.7 Å². The molecule has 0 unspecified atom stereocenters. The Kier molecular flexibility index (Phi) is 4.50. The zero-order valence-corrected chi connectivity index (χ0v) is 10.1. The highest BCUT2D eigenvalue weighted by Gasteiger charge is 2.19. The molecular weight excluding hydrogens is 308 g/mol. The van der Waals surface area contributed by atoms with Crippen LogP contribution in [0.25, 0.3) is 0 Å². The molecule has 2 nitrogen and oxygen atoms in total. The number of carbonyl (C=O) groups is 1. The largest absolute Gasteiger partial charge is 0.434 e. The number of alkyl halides is 4. The van der Waals surface area contributed by atoms with Gasteiger partial charge in [0.15, 0.2) is 5.78 Å². The molecule has 7 heteroatoms. The van der Waals surface area contributed by atoms with Crippen LogP contribution >= 0.6 is 15.9 Å². The minimum Gasteiger partial charge on any atom is -0.434 e. The number of carbonyl (C=O) groups excluding carboxylic acids is 1. The highest BCUT2D eigenvalue weighted by atomic mass is 79.9. The number of benzene rings is 1. The van der Waals surface area contributed by atoms with Crippen molar-refractivity contribution in [1.82, 2.24) is 0 Å². The van der Waals surface area contributed by atoms with E-state index in [2.05, 4.69) is 20.7 Å². The second-order valence-electron chi connectivity index (χ2n) is 3.12. The van der Waals surface area contributed by atoms with Crippen molar-refractivity contribution >= 4 is 21.7 Å². The second kappa shape index (κ2) is 5.48. The first-order chi connectivity index (χ1) is 7.82. The van der Waals surface area contributed by atoms with Gasteiger partial charge >= 0.3 is 6.61 Å². The minimum atomic E-state index is -3.15. The van der Waals surface area contributed by atoms with Crippen molar-refractivity contribution in [1.29, 1.82) is 0 Å². The Hall–Kier alpha value is -1.11. The van der Waals surface area contributed by atoms with Gasteiger partial charge in [-0.3, -0.25) is 4.79 Å². The van der Waals surface area contributed by atoms with E-state index in [0.717, 1.165) is 19.1 Å². The molecule has 0 saturated heterocycles. The van der Waals surface area contributed by atoms with Gasteiger partial charge < -0.3 is 4.74 Å². The summed E-state index contributed by atoms with van der Waals surface area (Å²) >= 11 is 2.87. The topological polar surface area (TPSA) is 26.3 Å². The molecule has 0 spiro atoms. The molecule has 1 aromatic rings. The van der Waals surface area contributed by atoms with Gasteiger partial charge in [0.25, 0.3) is 6.43 Å². The van der Waals surface area contributed by atoms with E-state index in [1.54, 1.807) is 0 Å². The van der Waals surface area contributed by atoms with Crippen molar-refractivity contribution in [2.24, 2.45) is 0 Å². The zero-order valence-electron chi connectivity index (χ0n) is 8.52. The van der Waals surface area contributed by atoms with Gasteiger partial charge in [-0.25, -0.2) is 8.78 Å². The van der Waals surface area contributed by atoms with Crippen LogP contribution in [0.5, 0.6) is 5.75 Å². The minimum absolute atomic E-state index is 0.0605. The summed E-state index contributed by atoms with van der Waals surface area (Å²) in [4.78, 5) is 11.2. The molecule has 0 aliphatic carbocycles. The third kappa shape index (κ3) is 3.42. The predicted octanol–water partition coefficient (Wildman–Crippen LogP) is 4.19. The number of ketones is 1. The Balaban J connectivity index is 3.32. The van der Waals surface area contributed by atoms with Crippen molar-refractivity contribution in [3.8, 4) is 5.75 Å². The van der Waals surface area contributed by atoms with Gasteiger partial charge in [0.2, 0.25) is 0 Å². The van der Waals surface area contributed by atoms with Crippen LogP contribution in [-0.2, 0) is 0 Å². The molecule has 0 radical (unpaired) electrons. The smallest absolute Gasteiger partial charge is 0.387 e. The summed E-state index contributed by atoms with van der Waals surface area (Å²) in [6, 6.07) is 1.71. The van der Waals surface area contributed by atoms with Crippen LogP contribution in [0.2, 0.25) is 0 Å². The quantitative estimate of drug-likeness (QED) is 0.615. The molecule has 0 aliphatic heterocycles. The lowest BCUT2D eigenvalue weighted by Gasteiger charge is -2.12. The van der Waals surface area contributed by atoms with Gasteiger partial charge in [-0.15, -0.1) is 0 Å². The Labute approximate surface area is 103 Å². The normalized spacial score (nSPS) is 11.1. The van der Waals surface area contributed by atoms with Gasteiger partial charge in [-0.2, -0.15) is 8.78 Å². The third-order valence-corrected chi connectivity index (χ3v) is 2.73. The standard InChI is InChI=1S/C10H7BrF4O2/c1-4(16)6-2-5(9(12)13)3-7(8(6)11)17-10(14)15/h2-3,9-10H,1H3. The Bertz CT molecular complexity index is 435. The number of rotatable bonds is 4. The summed E-state index contributed by atoms with van der Waals surface area (Å²) in [6.45, 7) is -2.01. The van der Waals surface area contributed by atoms with Crippen LogP contribution in [0.15, 0.2) is 16.6 Å². The zero-order chi connectivity index (χ0) is 13.2. The number of hydrogen-bond donors (Lipinski definition) is 0. The van der Waals surface area contributed by atoms with Crippen molar-refractivity contribution < 1.29 is 27.1 Å². The van der Waals surface area contributed by atoms with E-state index in [1.165, 1.54) is 0 Å². The molecule has 0 aromatic heterocycles. The van der Waals surface area contributed by atoms with Crippen LogP contribution in [-0.4, -0.2) is 12.4 Å². The molecule has 0 heterocycles. The maximum absolute atomic E-state index is 12.5. The van der Waals surface area contributed by atoms with E-state index in [-0.39, 0.29) is 10.0 Å². The first-order valence-electron chi connectivity index (χ1n) is 4.40. The van der Waals surface area contributed by atoms with Gasteiger partial charge in [0, 0.05) is 11.1 Å². The maximum atomic E-state index is 12.5. The van der Waals surface area contributed by atoms with Gasteiger partial charge in [-0.05, 0) is 35.0 Å². The van der Waals surface area contributed by atoms with Crippen LogP contribution in [0.4, 0.5) is 17.6 Å². The molecule has 17 heavy (non-hydrogen) atoms. The van der Waals surface area contributed by atoms with Crippen LogP contribution in [0.1, 0.15) is 29.3 Å². The van der Waals surface area contributed by atoms with E-state index in [1.807, 2.05) is 0 Å². The van der Waals surface area contributed by atoms with E-state index < -0.39 is 30.1 Å². The molecule has 94 valence electrons. The highest BCUT2D eigenvalue weighted by Crippen LogP contribution is 2.35. The molecule has 0 N–H and O–H groups in total. The maximum Gasteiger partial charge on any atom is 0.387 e. The SMILES string of the molecule is CC(=O)c1cc(C(F)F)cc(OC(F)F)c1Br. The van der Waals surface area contributed by atoms with Gasteiger partial charge in [0.1, 0.15) is 5.75 Å². The highest BCUT2D eigenvalue weighted by molar-refractivity contribution is 9.10. The lowest BCUT2D eigenvalue weighted by atomic mass is 10.1. The third-order valence-electron chi connectivity index (χ3n) is 1.91. The summed E-state index contributed by atoms with van der Waals surface area (Å²) in [5.41, 5.74) is -0.674. The Morgan fingerprint density at radius 1 is 1.29 bits per heavy atom. The van der Waals surface area contributed by atoms with Crippen molar-refractivity contribution in [2.75, 3.05) is 0 Å². The fourth-order valence-corrected chi connectivity index (χ4v) is 1.78. The van der Waals surface area contributed by atoms with Crippen LogP contribution < -0.4 is 4.74 Å². The monoisotopic (exact) mass is 314 g/mol.